The molecule has 0 aromatic heterocycles. The number of nitrogens with one attached hydrogen (secondary N) is 1. The molecule has 0 saturated heterocycles. The molecule has 23 heavy (non-hydrogen) atoms. The lowest BCUT2D eigenvalue weighted by atomic mass is 10.0. The van der Waals surface area contributed by atoms with Crippen molar-refractivity contribution in [3.8, 4) is 0 Å². The molecule has 3 N–H and O–H groups in total. The number of anilines is 1. The molecule has 2 atom stereocenters. The highest BCUT2D eigenvalue weighted by atomic mass is 15.1. The Morgan fingerprint density at radius 2 is 1.96 bits per heavy atom. The summed E-state index contributed by atoms with van der Waals surface area (Å²) in [5.41, 5.74) is 9.76. The number of hydrogen-bond acceptors (Lipinski definition) is 1. The Balaban J connectivity index is 1.54. The van der Waals surface area contributed by atoms with Gasteiger partial charge in [0.2, 0.25) is 0 Å². The van der Waals surface area contributed by atoms with Gasteiger partial charge >= 0.3 is 0 Å². The average molecular weight is 307 g/mol. The van der Waals surface area contributed by atoms with Crippen molar-refractivity contribution in [2.24, 2.45) is 16.6 Å². The van der Waals surface area contributed by atoms with Gasteiger partial charge in [-0.25, -0.2) is 0 Å². The first-order valence-corrected chi connectivity index (χ1v) is 8.35. The molecule has 1 fully saturated rings. The molecule has 3 heteroatoms. The van der Waals surface area contributed by atoms with Crippen LogP contribution in [0.3, 0.4) is 0 Å². The lowest BCUT2D eigenvalue weighted by Gasteiger charge is -2.10. The first kappa shape index (κ1) is 15.6. The van der Waals surface area contributed by atoms with Gasteiger partial charge in [-0.1, -0.05) is 56.3 Å². The van der Waals surface area contributed by atoms with Crippen molar-refractivity contribution in [1.29, 1.82) is 0 Å². The van der Waals surface area contributed by atoms with E-state index in [2.05, 4.69) is 72.7 Å². The summed E-state index contributed by atoms with van der Waals surface area (Å²) >= 11 is 0. The second-order valence-corrected chi connectivity index (χ2v) is 6.64. The molecule has 120 valence electrons. The topological polar surface area (TPSA) is 50.4 Å². The van der Waals surface area contributed by atoms with Gasteiger partial charge in [0.1, 0.15) is 0 Å². The van der Waals surface area contributed by atoms with Gasteiger partial charge in [0.05, 0.1) is 0 Å². The monoisotopic (exact) mass is 307 g/mol. The molecule has 0 spiro atoms. The van der Waals surface area contributed by atoms with Gasteiger partial charge in [0, 0.05) is 12.2 Å². The molecule has 3 nitrogen and oxygen atoms in total. The molecule has 3 rings (SSSR count). The molecule has 0 aliphatic heterocycles. The Morgan fingerprint density at radius 3 is 2.70 bits per heavy atom. The highest BCUT2D eigenvalue weighted by Gasteiger charge is 2.37. The van der Waals surface area contributed by atoms with E-state index in [0.29, 0.717) is 23.7 Å². The van der Waals surface area contributed by atoms with Gasteiger partial charge in [0.15, 0.2) is 5.96 Å². The third kappa shape index (κ3) is 4.13. The second-order valence-electron chi connectivity index (χ2n) is 6.64. The zero-order chi connectivity index (χ0) is 16.2. The first-order chi connectivity index (χ1) is 11.1. The molecule has 2 aromatic carbocycles. The maximum atomic E-state index is 6.03. The van der Waals surface area contributed by atoms with Gasteiger partial charge in [-0.05, 0) is 47.4 Å². The third-order valence-electron chi connectivity index (χ3n) is 4.47. The number of nitrogens with zero attached hydrogens (tertiary/aromatic N) is 1. The number of aliphatic imine (C=N–C) groups is 1. The highest BCUT2D eigenvalue weighted by molar-refractivity contribution is 5.92. The summed E-state index contributed by atoms with van der Waals surface area (Å²) in [7, 11) is 0. The smallest absolute Gasteiger partial charge is 0.193 e. The van der Waals surface area contributed by atoms with Gasteiger partial charge < -0.3 is 11.1 Å². The molecule has 1 aliphatic rings. The third-order valence-corrected chi connectivity index (χ3v) is 4.47. The fraction of sp³-hybridized carbons (Fsp3) is 0.350. The number of nitrogens with two attached hydrogens (primary N) is 1. The van der Waals surface area contributed by atoms with Crippen LogP contribution in [0.1, 0.15) is 43.2 Å². The number of guanidine groups is 1. The van der Waals surface area contributed by atoms with E-state index in [1.54, 1.807) is 0 Å². The van der Waals surface area contributed by atoms with Crippen molar-refractivity contribution in [1.82, 2.24) is 0 Å². The summed E-state index contributed by atoms with van der Waals surface area (Å²) in [5.74, 6) is 2.29. The van der Waals surface area contributed by atoms with Gasteiger partial charge in [-0.3, -0.25) is 4.99 Å². The SMILES string of the molecule is CC(C)c1cccc(NC(N)=NCC2CC2c2ccccc2)c1. The minimum Gasteiger partial charge on any atom is -0.370 e. The maximum absolute atomic E-state index is 6.03. The average Bonchev–Trinajstić information content (AvgIpc) is 3.34. The van der Waals surface area contributed by atoms with Crippen LogP contribution in [0, 0.1) is 5.92 Å². The van der Waals surface area contributed by atoms with Crippen molar-refractivity contribution in [3.05, 3.63) is 65.7 Å². The van der Waals surface area contributed by atoms with Crippen molar-refractivity contribution >= 4 is 11.6 Å². The van der Waals surface area contributed by atoms with E-state index in [0.717, 1.165) is 12.2 Å². The van der Waals surface area contributed by atoms with Crippen LogP contribution in [0.5, 0.6) is 0 Å². The number of hydrogen-bond donors (Lipinski definition) is 2. The molecule has 2 unspecified atom stereocenters. The van der Waals surface area contributed by atoms with Crippen LogP contribution in [0.4, 0.5) is 5.69 Å². The Bertz CT molecular complexity index is 676. The van der Waals surface area contributed by atoms with E-state index < -0.39 is 0 Å². The normalized spacial score (nSPS) is 20.6. The van der Waals surface area contributed by atoms with Gasteiger partial charge in [-0.2, -0.15) is 0 Å². The quantitative estimate of drug-likeness (QED) is 0.637. The van der Waals surface area contributed by atoms with Gasteiger partial charge in [0.25, 0.3) is 0 Å². The molecule has 0 radical (unpaired) electrons. The lowest BCUT2D eigenvalue weighted by molar-refractivity contribution is 0.809. The van der Waals surface area contributed by atoms with Crippen molar-refractivity contribution < 1.29 is 0 Å². The van der Waals surface area contributed by atoms with Crippen molar-refractivity contribution in [2.45, 2.75) is 32.1 Å². The number of rotatable bonds is 5. The zero-order valence-corrected chi connectivity index (χ0v) is 13.9. The summed E-state index contributed by atoms with van der Waals surface area (Å²) in [4.78, 5) is 4.52. The maximum Gasteiger partial charge on any atom is 0.193 e. The molecule has 1 saturated carbocycles. The van der Waals surface area contributed by atoms with E-state index in [1.165, 1.54) is 17.5 Å². The summed E-state index contributed by atoms with van der Waals surface area (Å²) < 4.78 is 0. The van der Waals surface area contributed by atoms with E-state index in [9.17, 15) is 0 Å². The fourth-order valence-corrected chi connectivity index (χ4v) is 2.94. The van der Waals surface area contributed by atoms with Crippen LogP contribution in [0.25, 0.3) is 0 Å². The van der Waals surface area contributed by atoms with Crippen LogP contribution >= 0.6 is 0 Å². The largest absolute Gasteiger partial charge is 0.370 e. The zero-order valence-electron chi connectivity index (χ0n) is 13.9. The standard InChI is InChI=1S/C20H25N3/c1-14(2)16-9-6-10-18(11-16)23-20(21)22-13-17-12-19(17)15-7-4-3-5-8-15/h3-11,14,17,19H,12-13H2,1-2H3,(H3,21,22,23). The lowest BCUT2D eigenvalue weighted by Crippen LogP contribution is -2.23. The van der Waals surface area contributed by atoms with Crippen LogP contribution in [-0.4, -0.2) is 12.5 Å². The predicted molar refractivity (Wildman–Crippen MR) is 97.9 cm³/mol. The van der Waals surface area contributed by atoms with E-state index >= 15 is 0 Å². The molecule has 0 amide bonds. The van der Waals surface area contributed by atoms with Crippen molar-refractivity contribution in [2.75, 3.05) is 11.9 Å². The predicted octanol–water partition coefficient (Wildman–Crippen LogP) is 4.34. The van der Waals surface area contributed by atoms with Crippen LogP contribution in [0.15, 0.2) is 59.6 Å². The molecule has 0 heterocycles. The molecular weight excluding hydrogens is 282 g/mol. The Hall–Kier alpha value is -2.29. The molecule has 2 aromatic rings. The summed E-state index contributed by atoms with van der Waals surface area (Å²) in [6.07, 6.45) is 1.21. The summed E-state index contributed by atoms with van der Waals surface area (Å²) in [6.45, 7) is 5.17. The Kier molecular flexibility index (Phi) is 4.65. The van der Waals surface area contributed by atoms with Crippen LogP contribution in [0.2, 0.25) is 0 Å². The number of benzene rings is 2. The minimum absolute atomic E-state index is 0.504. The Labute approximate surface area is 138 Å². The van der Waals surface area contributed by atoms with E-state index in [1.807, 2.05) is 6.07 Å². The van der Waals surface area contributed by atoms with E-state index in [-0.39, 0.29) is 0 Å². The molecular formula is C20H25N3. The summed E-state index contributed by atoms with van der Waals surface area (Å²) in [5, 5.41) is 3.20. The Morgan fingerprint density at radius 1 is 1.17 bits per heavy atom. The first-order valence-electron chi connectivity index (χ1n) is 8.35. The van der Waals surface area contributed by atoms with Crippen molar-refractivity contribution in [3.63, 3.8) is 0 Å². The fourth-order valence-electron chi connectivity index (χ4n) is 2.94. The highest BCUT2D eigenvalue weighted by Crippen LogP contribution is 2.47. The van der Waals surface area contributed by atoms with Crippen LogP contribution in [-0.2, 0) is 0 Å². The minimum atomic E-state index is 0.504. The van der Waals surface area contributed by atoms with Crippen LogP contribution < -0.4 is 11.1 Å². The molecule has 0 bridgehead atoms. The van der Waals surface area contributed by atoms with Gasteiger partial charge in [-0.15, -0.1) is 0 Å². The molecule has 1 aliphatic carbocycles. The summed E-state index contributed by atoms with van der Waals surface area (Å²) in [6, 6.07) is 19.0. The second kappa shape index (κ2) is 6.86. The van der Waals surface area contributed by atoms with E-state index in [4.69, 9.17) is 5.73 Å².